The highest BCUT2D eigenvalue weighted by Gasteiger charge is 2.14. The molecule has 0 unspecified atom stereocenters. The summed E-state index contributed by atoms with van der Waals surface area (Å²) >= 11 is 0. The summed E-state index contributed by atoms with van der Waals surface area (Å²) < 4.78 is 4.85. The first-order valence-electron chi connectivity index (χ1n) is 4.37. The van der Waals surface area contributed by atoms with E-state index in [-0.39, 0.29) is 5.97 Å². The highest BCUT2D eigenvalue weighted by atomic mass is 16.5. The molecule has 0 amide bonds. The first kappa shape index (κ1) is 8.96. The molecular weight excluding hydrogens is 182 g/mol. The molecule has 0 aromatic rings. The van der Waals surface area contributed by atoms with Crippen LogP contribution in [0.15, 0.2) is 28.3 Å². The van der Waals surface area contributed by atoms with E-state index in [9.17, 15) is 4.79 Å². The second-order valence-electron chi connectivity index (χ2n) is 3.09. The quantitative estimate of drug-likeness (QED) is 0.570. The number of ether oxygens (including phenoxy) is 1. The van der Waals surface area contributed by atoms with Crippen molar-refractivity contribution in [2.75, 3.05) is 13.1 Å². The van der Waals surface area contributed by atoms with E-state index in [0.717, 1.165) is 24.4 Å². The predicted octanol–water partition coefficient (Wildman–Crippen LogP) is -0.120. The van der Waals surface area contributed by atoms with Crippen molar-refractivity contribution in [3.8, 4) is 0 Å². The predicted molar refractivity (Wildman–Crippen MR) is 51.4 cm³/mol. The number of aliphatic imine (C=N–C) groups is 1. The molecule has 2 aliphatic heterocycles. The van der Waals surface area contributed by atoms with E-state index in [1.807, 2.05) is 0 Å². The van der Waals surface area contributed by atoms with E-state index in [1.165, 1.54) is 6.92 Å². The normalized spacial score (nSPS) is 19.6. The van der Waals surface area contributed by atoms with Gasteiger partial charge in [0.25, 0.3) is 0 Å². The summed E-state index contributed by atoms with van der Waals surface area (Å²) in [5, 5.41) is 6.23. The molecule has 0 bridgehead atoms. The second kappa shape index (κ2) is 3.63. The van der Waals surface area contributed by atoms with Crippen LogP contribution in [0, 0.1) is 0 Å². The highest BCUT2D eigenvalue weighted by molar-refractivity contribution is 5.82. The third-order valence-electron chi connectivity index (χ3n) is 1.97. The summed E-state index contributed by atoms with van der Waals surface area (Å²) in [5.41, 5.74) is 2.18. The molecule has 0 aromatic heterocycles. The van der Waals surface area contributed by atoms with E-state index in [2.05, 4.69) is 15.6 Å². The minimum atomic E-state index is -0.365. The van der Waals surface area contributed by atoms with Gasteiger partial charge in [-0.2, -0.15) is 0 Å². The molecule has 5 nitrogen and oxygen atoms in total. The zero-order valence-corrected chi connectivity index (χ0v) is 7.83. The molecule has 0 saturated carbocycles. The average molecular weight is 193 g/mol. The number of esters is 1. The number of rotatable bonds is 1. The SMILES string of the molecule is CC(=O)OC1=CNC2=C(C=N1)CNC2. The molecule has 2 rings (SSSR count). The third-order valence-corrected chi connectivity index (χ3v) is 1.97. The number of hydrogen-bond acceptors (Lipinski definition) is 5. The number of hydrogen-bond donors (Lipinski definition) is 2. The van der Waals surface area contributed by atoms with Crippen molar-refractivity contribution in [1.29, 1.82) is 0 Å². The van der Waals surface area contributed by atoms with Gasteiger partial charge in [0.05, 0.1) is 6.20 Å². The van der Waals surface area contributed by atoms with Gasteiger partial charge in [-0.25, -0.2) is 4.99 Å². The zero-order valence-electron chi connectivity index (χ0n) is 7.83. The Labute approximate surface area is 81.5 Å². The summed E-state index contributed by atoms with van der Waals surface area (Å²) in [6.07, 6.45) is 3.30. The third kappa shape index (κ3) is 1.82. The fourth-order valence-electron chi connectivity index (χ4n) is 1.34. The number of nitrogens with one attached hydrogen (secondary N) is 2. The maximum Gasteiger partial charge on any atom is 0.309 e. The summed E-state index contributed by atoms with van der Waals surface area (Å²) in [6.45, 7) is 2.95. The monoisotopic (exact) mass is 193 g/mol. The Morgan fingerprint density at radius 1 is 1.57 bits per heavy atom. The summed E-state index contributed by atoms with van der Waals surface area (Å²) in [4.78, 5) is 14.7. The molecule has 0 radical (unpaired) electrons. The molecule has 14 heavy (non-hydrogen) atoms. The van der Waals surface area contributed by atoms with Crippen molar-refractivity contribution in [1.82, 2.24) is 10.6 Å². The Hall–Kier alpha value is -1.62. The molecular formula is C9H11N3O2. The molecule has 74 valence electrons. The van der Waals surface area contributed by atoms with Crippen LogP contribution in [0.4, 0.5) is 0 Å². The smallest absolute Gasteiger partial charge is 0.309 e. The molecule has 2 heterocycles. The lowest BCUT2D eigenvalue weighted by molar-refractivity contribution is -0.136. The summed E-state index contributed by atoms with van der Waals surface area (Å²) in [7, 11) is 0. The van der Waals surface area contributed by atoms with Crippen molar-refractivity contribution in [3.05, 3.63) is 23.4 Å². The van der Waals surface area contributed by atoms with Gasteiger partial charge in [0.1, 0.15) is 0 Å². The van der Waals surface area contributed by atoms with Gasteiger partial charge < -0.3 is 15.4 Å². The van der Waals surface area contributed by atoms with Crippen molar-refractivity contribution in [3.63, 3.8) is 0 Å². The molecule has 5 heteroatoms. The fourth-order valence-corrected chi connectivity index (χ4v) is 1.34. The Bertz CT molecular complexity index is 352. The van der Waals surface area contributed by atoms with Gasteiger partial charge in [-0.3, -0.25) is 4.79 Å². The van der Waals surface area contributed by atoms with E-state index >= 15 is 0 Å². The van der Waals surface area contributed by atoms with E-state index < -0.39 is 0 Å². The standard InChI is InChI=1S/C9H11N3O2/c1-6(13)14-9-5-11-8-4-10-2-7(8)3-12-9/h3,5,10-11H,2,4H2,1H3. The van der Waals surface area contributed by atoms with Crippen molar-refractivity contribution in [2.24, 2.45) is 4.99 Å². The van der Waals surface area contributed by atoms with Gasteiger partial charge >= 0.3 is 5.97 Å². The Morgan fingerprint density at radius 2 is 2.43 bits per heavy atom. The van der Waals surface area contributed by atoms with Crippen LogP contribution < -0.4 is 10.6 Å². The molecule has 0 spiro atoms. The van der Waals surface area contributed by atoms with E-state index in [4.69, 9.17) is 4.74 Å². The molecule has 0 saturated heterocycles. The zero-order chi connectivity index (χ0) is 9.97. The lowest BCUT2D eigenvalue weighted by Gasteiger charge is -2.01. The van der Waals surface area contributed by atoms with Crippen molar-refractivity contribution < 1.29 is 9.53 Å². The maximum absolute atomic E-state index is 10.7. The maximum atomic E-state index is 10.7. The highest BCUT2D eigenvalue weighted by Crippen LogP contribution is 2.10. The molecule has 0 atom stereocenters. The summed E-state index contributed by atoms with van der Waals surface area (Å²) in [5.74, 6) is -0.0673. The molecule has 0 aromatic carbocycles. The van der Waals surface area contributed by atoms with Crippen LogP contribution in [-0.4, -0.2) is 25.3 Å². The minimum absolute atomic E-state index is 0.298. The van der Waals surface area contributed by atoms with Crippen LogP contribution in [0.3, 0.4) is 0 Å². The van der Waals surface area contributed by atoms with Crippen molar-refractivity contribution >= 4 is 12.2 Å². The Balaban J connectivity index is 2.10. The van der Waals surface area contributed by atoms with Gasteiger partial charge in [0.2, 0.25) is 5.88 Å². The van der Waals surface area contributed by atoms with Crippen LogP contribution in [-0.2, 0) is 9.53 Å². The fraction of sp³-hybridized carbons (Fsp3) is 0.333. The summed E-state index contributed by atoms with van der Waals surface area (Å²) in [6, 6.07) is 0. The van der Waals surface area contributed by atoms with Gasteiger partial charge in [-0.15, -0.1) is 0 Å². The van der Waals surface area contributed by atoms with Crippen LogP contribution in [0.5, 0.6) is 0 Å². The van der Waals surface area contributed by atoms with Crippen LogP contribution in [0.2, 0.25) is 0 Å². The molecule has 2 aliphatic rings. The first-order valence-corrected chi connectivity index (χ1v) is 4.37. The van der Waals surface area contributed by atoms with Gasteiger partial charge in [0.15, 0.2) is 0 Å². The molecule has 0 fully saturated rings. The lowest BCUT2D eigenvalue weighted by Crippen LogP contribution is -2.15. The minimum Gasteiger partial charge on any atom is -0.406 e. The van der Waals surface area contributed by atoms with Crippen molar-refractivity contribution in [2.45, 2.75) is 6.92 Å². The van der Waals surface area contributed by atoms with Gasteiger partial charge in [0, 0.05) is 37.5 Å². The van der Waals surface area contributed by atoms with Crippen LogP contribution in [0.25, 0.3) is 0 Å². The van der Waals surface area contributed by atoms with Crippen LogP contribution in [0.1, 0.15) is 6.92 Å². The first-order chi connectivity index (χ1) is 6.75. The lowest BCUT2D eigenvalue weighted by atomic mass is 10.3. The topological polar surface area (TPSA) is 62.7 Å². The van der Waals surface area contributed by atoms with Gasteiger partial charge in [-0.05, 0) is 0 Å². The van der Waals surface area contributed by atoms with E-state index in [1.54, 1.807) is 12.4 Å². The van der Waals surface area contributed by atoms with Gasteiger partial charge in [-0.1, -0.05) is 0 Å². The second-order valence-corrected chi connectivity index (χ2v) is 3.09. The van der Waals surface area contributed by atoms with E-state index in [0.29, 0.717) is 5.88 Å². The molecule has 0 aliphatic carbocycles. The Morgan fingerprint density at radius 3 is 3.21 bits per heavy atom. The number of nitrogens with zero attached hydrogens (tertiary/aromatic N) is 1. The number of carbonyl (C=O) groups excluding carboxylic acids is 1. The molecule has 2 N–H and O–H groups in total. The van der Waals surface area contributed by atoms with Crippen LogP contribution >= 0.6 is 0 Å². The largest absolute Gasteiger partial charge is 0.406 e. The average Bonchev–Trinajstić information content (AvgIpc) is 2.50. The Kier molecular flexibility index (Phi) is 2.32. The number of carbonyl (C=O) groups is 1.